The minimum Gasteiger partial charge on any atom is -0.490 e. The van der Waals surface area contributed by atoms with E-state index in [1.165, 1.54) is 56.1 Å². The van der Waals surface area contributed by atoms with Crippen LogP contribution in [0.5, 0.6) is 5.75 Å². The maximum absolute atomic E-state index is 14.8. The first-order valence-electron chi connectivity index (χ1n) is 15.4. The summed E-state index contributed by atoms with van der Waals surface area (Å²) in [6.45, 7) is 4.72. The second-order valence-corrected chi connectivity index (χ2v) is 11.8. The predicted octanol–water partition coefficient (Wildman–Crippen LogP) is 10.7. The second kappa shape index (κ2) is 14.8. The Kier molecular flexibility index (Phi) is 11.3. The van der Waals surface area contributed by atoms with Gasteiger partial charge >= 0.3 is 0 Å². The first kappa shape index (κ1) is 28.8. The molecule has 2 aliphatic rings. The van der Waals surface area contributed by atoms with E-state index in [0.29, 0.717) is 18.1 Å². The highest BCUT2D eigenvalue weighted by Gasteiger charge is 2.26. The average Bonchev–Trinajstić information content (AvgIpc) is 2.95. The number of ether oxygens (including phenoxy) is 1. The van der Waals surface area contributed by atoms with Crippen molar-refractivity contribution in [2.45, 2.75) is 116 Å². The molecule has 38 heavy (non-hydrogen) atoms. The molecule has 0 radical (unpaired) electrons. The zero-order valence-corrected chi connectivity index (χ0v) is 23.7. The Labute approximate surface area is 230 Å². The second-order valence-electron chi connectivity index (χ2n) is 11.8. The molecule has 0 aromatic heterocycles. The van der Waals surface area contributed by atoms with Gasteiger partial charge in [0.2, 0.25) is 5.82 Å². The van der Waals surface area contributed by atoms with Crippen molar-refractivity contribution in [3.05, 3.63) is 76.9 Å². The molecule has 0 N–H and O–H groups in total. The number of aryl methyl sites for hydroxylation is 1. The lowest BCUT2D eigenvalue weighted by Crippen LogP contribution is -2.15. The van der Waals surface area contributed by atoms with Crippen LogP contribution in [-0.4, -0.2) is 6.61 Å². The summed E-state index contributed by atoms with van der Waals surface area (Å²) in [6, 6.07) is 12.8. The van der Waals surface area contributed by atoms with Crippen LogP contribution in [0.4, 0.5) is 8.78 Å². The monoisotopic (exact) mass is 522 g/mol. The first-order chi connectivity index (χ1) is 18.6. The molecule has 2 saturated carbocycles. The Morgan fingerprint density at radius 1 is 0.789 bits per heavy atom. The Balaban J connectivity index is 1.15. The van der Waals surface area contributed by atoms with Gasteiger partial charge in [0.05, 0.1) is 6.61 Å². The molecule has 2 fully saturated rings. The fourth-order valence-corrected chi connectivity index (χ4v) is 6.57. The zero-order chi connectivity index (χ0) is 26.7. The van der Waals surface area contributed by atoms with Crippen LogP contribution < -0.4 is 4.74 Å². The normalized spacial score (nSPS) is 24.1. The Bertz CT molecular complexity index is 995. The highest BCUT2D eigenvalue weighted by atomic mass is 19.2. The zero-order valence-electron chi connectivity index (χ0n) is 23.7. The Morgan fingerprint density at radius 2 is 1.50 bits per heavy atom. The lowest BCUT2D eigenvalue weighted by molar-refractivity contribution is 0.283. The van der Waals surface area contributed by atoms with Gasteiger partial charge in [0.1, 0.15) is 0 Å². The fraction of sp³-hybridized carbons (Fsp3) is 0.600. The molecular formula is C35H48F2O. The van der Waals surface area contributed by atoms with E-state index < -0.39 is 11.6 Å². The molecule has 0 saturated heterocycles. The summed E-state index contributed by atoms with van der Waals surface area (Å²) in [7, 11) is 0. The van der Waals surface area contributed by atoms with E-state index in [1.54, 1.807) is 12.1 Å². The standard InChI is InChI=1S/C35H48F2O/c1-3-5-25-38-33-24-23-32(34(36)35(33)37)31-21-15-28(16-22-31)10-7-6-9-27-13-19-30(20-14-27)29-17-11-26(8-4-2)12-18-29/h6,9,11-12,17-18,23-24,27-28,30-31H,3-5,7-8,10,13-16,19-22,25H2,1-2H3/b9-6+. The van der Waals surface area contributed by atoms with Crippen LogP contribution in [0.2, 0.25) is 0 Å². The summed E-state index contributed by atoms with van der Waals surface area (Å²) in [6.07, 6.45) is 20.8. The third-order valence-corrected chi connectivity index (χ3v) is 9.03. The molecule has 0 spiro atoms. The van der Waals surface area contributed by atoms with Gasteiger partial charge in [0.25, 0.3) is 0 Å². The van der Waals surface area contributed by atoms with Crippen molar-refractivity contribution >= 4 is 0 Å². The van der Waals surface area contributed by atoms with Crippen molar-refractivity contribution in [3.63, 3.8) is 0 Å². The van der Waals surface area contributed by atoms with Crippen LogP contribution in [0, 0.1) is 23.5 Å². The molecular weight excluding hydrogens is 474 g/mol. The van der Waals surface area contributed by atoms with Crippen LogP contribution in [-0.2, 0) is 6.42 Å². The first-order valence-corrected chi connectivity index (χ1v) is 15.4. The number of rotatable bonds is 12. The lowest BCUT2D eigenvalue weighted by Gasteiger charge is -2.29. The highest BCUT2D eigenvalue weighted by molar-refractivity contribution is 5.33. The molecule has 3 heteroatoms. The van der Waals surface area contributed by atoms with Crippen LogP contribution >= 0.6 is 0 Å². The molecule has 2 aromatic carbocycles. The van der Waals surface area contributed by atoms with Crippen LogP contribution in [0.15, 0.2) is 48.6 Å². The smallest absolute Gasteiger partial charge is 0.200 e. The van der Waals surface area contributed by atoms with E-state index in [4.69, 9.17) is 4.74 Å². The SMILES string of the molecule is CCCCOc1ccc(C2CCC(CC/C=C/C3CCC(c4ccc(CCC)cc4)CC3)CC2)c(F)c1F. The van der Waals surface area contributed by atoms with Crippen molar-refractivity contribution in [1.82, 2.24) is 0 Å². The van der Waals surface area contributed by atoms with Gasteiger partial charge in [-0.1, -0.05) is 69.2 Å². The van der Waals surface area contributed by atoms with Gasteiger partial charge in [-0.2, -0.15) is 4.39 Å². The van der Waals surface area contributed by atoms with Gasteiger partial charge < -0.3 is 4.74 Å². The molecule has 0 heterocycles. The van der Waals surface area contributed by atoms with E-state index >= 15 is 0 Å². The van der Waals surface area contributed by atoms with E-state index in [0.717, 1.165) is 56.8 Å². The van der Waals surface area contributed by atoms with Crippen molar-refractivity contribution in [2.75, 3.05) is 6.61 Å². The molecule has 2 aliphatic carbocycles. The van der Waals surface area contributed by atoms with Gasteiger partial charge in [0.15, 0.2) is 11.6 Å². The Morgan fingerprint density at radius 3 is 2.18 bits per heavy atom. The molecule has 0 unspecified atom stereocenters. The number of allylic oxidation sites excluding steroid dienone is 2. The number of hydrogen-bond donors (Lipinski definition) is 0. The Hall–Kier alpha value is -2.16. The predicted molar refractivity (Wildman–Crippen MR) is 155 cm³/mol. The summed E-state index contributed by atoms with van der Waals surface area (Å²) < 4.78 is 34.7. The number of benzene rings is 2. The quantitative estimate of drug-likeness (QED) is 0.199. The third kappa shape index (κ3) is 7.93. The van der Waals surface area contributed by atoms with Gasteiger partial charge in [-0.3, -0.25) is 0 Å². The number of halogens is 2. The molecule has 0 amide bonds. The van der Waals surface area contributed by atoms with Crippen molar-refractivity contribution in [2.24, 2.45) is 11.8 Å². The summed E-state index contributed by atoms with van der Waals surface area (Å²) in [4.78, 5) is 0. The van der Waals surface area contributed by atoms with E-state index in [1.807, 2.05) is 0 Å². The molecule has 1 nitrogen and oxygen atoms in total. The third-order valence-electron chi connectivity index (χ3n) is 9.03. The molecule has 0 atom stereocenters. The van der Waals surface area contributed by atoms with Crippen LogP contribution in [0.25, 0.3) is 0 Å². The molecule has 0 aliphatic heterocycles. The van der Waals surface area contributed by atoms with Gasteiger partial charge in [0, 0.05) is 0 Å². The highest BCUT2D eigenvalue weighted by Crippen LogP contribution is 2.40. The van der Waals surface area contributed by atoms with Crippen molar-refractivity contribution in [3.8, 4) is 5.75 Å². The molecule has 0 bridgehead atoms. The van der Waals surface area contributed by atoms with Gasteiger partial charge in [-0.25, -0.2) is 4.39 Å². The number of hydrogen-bond acceptors (Lipinski definition) is 1. The summed E-state index contributed by atoms with van der Waals surface area (Å²) in [5.74, 6) is 0.820. The molecule has 208 valence electrons. The van der Waals surface area contributed by atoms with Gasteiger partial charge in [-0.05, 0) is 123 Å². The van der Waals surface area contributed by atoms with E-state index in [2.05, 4.69) is 50.3 Å². The van der Waals surface area contributed by atoms with Crippen molar-refractivity contribution in [1.29, 1.82) is 0 Å². The minimum atomic E-state index is -0.815. The summed E-state index contributed by atoms with van der Waals surface area (Å²) >= 11 is 0. The lowest BCUT2D eigenvalue weighted by atomic mass is 9.76. The van der Waals surface area contributed by atoms with E-state index in [-0.39, 0.29) is 11.7 Å². The van der Waals surface area contributed by atoms with Crippen LogP contribution in [0.3, 0.4) is 0 Å². The fourth-order valence-electron chi connectivity index (χ4n) is 6.57. The van der Waals surface area contributed by atoms with Gasteiger partial charge in [-0.15, -0.1) is 0 Å². The van der Waals surface area contributed by atoms with Crippen LogP contribution in [0.1, 0.15) is 126 Å². The molecule has 4 rings (SSSR count). The average molecular weight is 523 g/mol. The summed E-state index contributed by atoms with van der Waals surface area (Å²) in [5, 5.41) is 0. The topological polar surface area (TPSA) is 9.23 Å². The van der Waals surface area contributed by atoms with E-state index in [9.17, 15) is 8.78 Å². The molecule has 2 aromatic rings. The minimum absolute atomic E-state index is 0.0507. The summed E-state index contributed by atoms with van der Waals surface area (Å²) in [5.41, 5.74) is 3.53. The maximum atomic E-state index is 14.8. The largest absolute Gasteiger partial charge is 0.490 e. The number of unbranched alkanes of at least 4 members (excludes halogenated alkanes) is 1. The maximum Gasteiger partial charge on any atom is 0.200 e. The van der Waals surface area contributed by atoms with Crippen molar-refractivity contribution < 1.29 is 13.5 Å².